The van der Waals surface area contributed by atoms with Crippen LogP contribution in [-0.2, 0) is 4.79 Å². The maximum absolute atomic E-state index is 13.5. The molecule has 0 heterocycles. The van der Waals surface area contributed by atoms with Gasteiger partial charge in [-0.05, 0) is 79.4 Å². The number of benzene rings is 2. The first-order chi connectivity index (χ1) is 14.1. The summed E-state index contributed by atoms with van der Waals surface area (Å²) in [4.78, 5) is 13.5. The minimum absolute atomic E-state index is 0.281. The minimum Gasteiger partial charge on any atom is -0.294 e. The number of hydrogen-bond donors (Lipinski definition) is 0. The van der Waals surface area contributed by atoms with E-state index in [9.17, 15) is 4.79 Å². The van der Waals surface area contributed by atoms with E-state index >= 15 is 0 Å². The fraction of sp³-hybridized carbons (Fsp3) is 0.321. The van der Waals surface area contributed by atoms with Crippen molar-refractivity contribution < 1.29 is 4.79 Å². The molecule has 1 nitrogen and oxygen atoms in total. The van der Waals surface area contributed by atoms with E-state index in [-0.39, 0.29) is 11.3 Å². The van der Waals surface area contributed by atoms with E-state index < -0.39 is 0 Å². The summed E-state index contributed by atoms with van der Waals surface area (Å²) in [6.45, 7) is 2.18. The zero-order valence-corrected chi connectivity index (χ0v) is 17.2. The summed E-state index contributed by atoms with van der Waals surface area (Å²) in [5, 5.41) is 0. The lowest BCUT2D eigenvalue weighted by Gasteiger charge is -2.40. The van der Waals surface area contributed by atoms with Gasteiger partial charge in [0, 0.05) is 11.0 Å². The molecule has 146 valence electrons. The molecular weight excluding hydrogens is 352 g/mol. The van der Waals surface area contributed by atoms with E-state index in [2.05, 4.69) is 43.0 Å². The lowest BCUT2D eigenvalue weighted by atomic mass is 9.62. The third-order valence-corrected chi connectivity index (χ3v) is 6.42. The van der Waals surface area contributed by atoms with Crippen molar-refractivity contribution in [1.29, 1.82) is 0 Å². The summed E-state index contributed by atoms with van der Waals surface area (Å²) in [7, 11) is 0. The SMILES string of the molecule is CC1(C2C=C(C#Cc3ccccc3)CCC2)CCC/C(=C/c2ccccc2)C1=O. The maximum atomic E-state index is 13.5. The van der Waals surface area contributed by atoms with Crippen LogP contribution < -0.4 is 0 Å². The Balaban J connectivity index is 1.58. The minimum atomic E-state index is -0.307. The van der Waals surface area contributed by atoms with Crippen molar-refractivity contribution in [3.05, 3.63) is 89.0 Å². The second-order valence-electron chi connectivity index (χ2n) is 8.49. The molecule has 2 unspecified atom stereocenters. The Hall–Kier alpha value is -2.85. The summed E-state index contributed by atoms with van der Waals surface area (Å²) in [5.41, 5.74) is 4.04. The predicted molar refractivity (Wildman–Crippen MR) is 120 cm³/mol. The molecule has 1 saturated carbocycles. The van der Waals surface area contributed by atoms with Gasteiger partial charge in [-0.2, -0.15) is 0 Å². The fourth-order valence-corrected chi connectivity index (χ4v) is 4.68. The first-order valence-corrected chi connectivity index (χ1v) is 10.7. The molecule has 2 aliphatic rings. The lowest BCUT2D eigenvalue weighted by Crippen LogP contribution is -2.39. The van der Waals surface area contributed by atoms with E-state index in [1.54, 1.807) is 0 Å². The largest absolute Gasteiger partial charge is 0.294 e. The van der Waals surface area contributed by atoms with Crippen molar-refractivity contribution in [1.82, 2.24) is 0 Å². The van der Waals surface area contributed by atoms with Gasteiger partial charge in [-0.3, -0.25) is 4.79 Å². The molecule has 0 amide bonds. The first-order valence-electron chi connectivity index (χ1n) is 10.7. The highest BCUT2D eigenvalue weighted by molar-refractivity contribution is 6.04. The second kappa shape index (κ2) is 8.66. The zero-order chi connectivity index (χ0) is 20.1. The molecule has 4 rings (SSSR count). The maximum Gasteiger partial charge on any atom is 0.165 e. The van der Waals surface area contributed by atoms with E-state index in [0.717, 1.165) is 55.2 Å². The molecule has 0 saturated heterocycles. The van der Waals surface area contributed by atoms with Crippen molar-refractivity contribution in [2.24, 2.45) is 11.3 Å². The summed E-state index contributed by atoms with van der Waals surface area (Å²) >= 11 is 0. The first kappa shape index (κ1) is 19.5. The summed E-state index contributed by atoms with van der Waals surface area (Å²) < 4.78 is 0. The van der Waals surface area contributed by atoms with Crippen molar-refractivity contribution in [3.63, 3.8) is 0 Å². The monoisotopic (exact) mass is 380 g/mol. The molecule has 29 heavy (non-hydrogen) atoms. The van der Waals surface area contributed by atoms with E-state index in [4.69, 9.17) is 0 Å². The van der Waals surface area contributed by atoms with Crippen molar-refractivity contribution in [2.75, 3.05) is 0 Å². The zero-order valence-electron chi connectivity index (χ0n) is 17.2. The highest BCUT2D eigenvalue weighted by Crippen LogP contribution is 2.46. The van der Waals surface area contributed by atoms with Gasteiger partial charge in [0.05, 0.1) is 0 Å². The van der Waals surface area contributed by atoms with Gasteiger partial charge in [0.2, 0.25) is 0 Å². The third-order valence-electron chi connectivity index (χ3n) is 6.42. The van der Waals surface area contributed by atoms with Crippen LogP contribution in [0.15, 0.2) is 77.9 Å². The van der Waals surface area contributed by atoms with Crippen LogP contribution in [0.25, 0.3) is 6.08 Å². The molecule has 2 atom stereocenters. The van der Waals surface area contributed by atoms with Gasteiger partial charge in [0.15, 0.2) is 5.78 Å². The van der Waals surface area contributed by atoms with E-state index in [1.807, 2.05) is 48.5 Å². The van der Waals surface area contributed by atoms with Gasteiger partial charge in [0.25, 0.3) is 0 Å². The lowest BCUT2D eigenvalue weighted by molar-refractivity contribution is -0.128. The molecule has 0 radical (unpaired) electrons. The Bertz CT molecular complexity index is 985. The van der Waals surface area contributed by atoms with Gasteiger partial charge < -0.3 is 0 Å². The summed E-state index contributed by atoms with van der Waals surface area (Å²) in [6, 6.07) is 20.3. The van der Waals surface area contributed by atoms with Crippen LogP contribution in [0.1, 0.15) is 56.6 Å². The normalized spacial score (nSPS) is 25.8. The van der Waals surface area contributed by atoms with Gasteiger partial charge in [-0.1, -0.05) is 73.4 Å². The predicted octanol–water partition coefficient (Wildman–Crippen LogP) is 6.61. The molecule has 0 N–H and O–H groups in total. The number of carbonyl (C=O) groups is 1. The number of hydrogen-bond acceptors (Lipinski definition) is 1. The van der Waals surface area contributed by atoms with Crippen LogP contribution in [-0.4, -0.2) is 5.78 Å². The molecule has 2 aliphatic carbocycles. The number of carbonyl (C=O) groups excluding carboxylic acids is 1. The molecule has 0 spiro atoms. The number of allylic oxidation sites excluding steroid dienone is 3. The Morgan fingerprint density at radius 1 is 0.931 bits per heavy atom. The molecule has 2 aromatic carbocycles. The standard InChI is InChI=1S/C28H28O/c1-28(19-9-15-25(27(28)29)20-23-12-6-3-7-13-23)26-16-8-14-24(21-26)18-17-22-10-4-2-5-11-22/h2-7,10-13,20-21,26H,8-9,14-16,19H2,1H3/b25-20-. The third kappa shape index (κ3) is 4.43. The number of ketones is 1. The average Bonchev–Trinajstić information content (AvgIpc) is 2.77. The van der Waals surface area contributed by atoms with Crippen molar-refractivity contribution in [3.8, 4) is 11.8 Å². The van der Waals surface area contributed by atoms with Gasteiger partial charge in [-0.15, -0.1) is 0 Å². The van der Waals surface area contributed by atoms with Crippen LogP contribution >= 0.6 is 0 Å². The molecule has 1 fully saturated rings. The second-order valence-corrected chi connectivity index (χ2v) is 8.49. The number of Topliss-reactive ketones (excluding diaryl/α,β-unsaturated/α-hetero) is 1. The summed E-state index contributed by atoms with van der Waals surface area (Å²) in [6.07, 6.45) is 10.6. The van der Waals surface area contributed by atoms with Gasteiger partial charge in [0.1, 0.15) is 0 Å². The Labute approximate surface area is 174 Å². The molecule has 0 aliphatic heterocycles. The highest BCUT2D eigenvalue weighted by atomic mass is 16.1. The smallest absolute Gasteiger partial charge is 0.165 e. The van der Waals surface area contributed by atoms with Crippen LogP contribution in [0.5, 0.6) is 0 Å². The Kier molecular flexibility index (Phi) is 5.81. The van der Waals surface area contributed by atoms with Crippen LogP contribution in [0, 0.1) is 23.2 Å². The molecule has 1 heteroatoms. The highest BCUT2D eigenvalue weighted by Gasteiger charge is 2.43. The van der Waals surface area contributed by atoms with Crippen LogP contribution in [0.4, 0.5) is 0 Å². The summed E-state index contributed by atoms with van der Waals surface area (Å²) in [5.74, 6) is 7.28. The number of rotatable bonds is 2. The quantitative estimate of drug-likeness (QED) is 0.423. The molecular formula is C28H28O. The van der Waals surface area contributed by atoms with Crippen molar-refractivity contribution >= 4 is 11.9 Å². The van der Waals surface area contributed by atoms with Crippen molar-refractivity contribution in [2.45, 2.75) is 45.4 Å². The average molecular weight is 381 g/mol. The Morgan fingerprint density at radius 3 is 2.41 bits per heavy atom. The van der Waals surface area contributed by atoms with E-state index in [0.29, 0.717) is 5.78 Å². The van der Waals surface area contributed by atoms with Crippen LogP contribution in [0.2, 0.25) is 0 Å². The molecule has 0 aromatic heterocycles. The fourth-order valence-electron chi connectivity index (χ4n) is 4.68. The molecule has 2 aromatic rings. The van der Waals surface area contributed by atoms with E-state index in [1.165, 1.54) is 5.57 Å². The topological polar surface area (TPSA) is 17.1 Å². The van der Waals surface area contributed by atoms with Gasteiger partial charge in [-0.25, -0.2) is 0 Å². The van der Waals surface area contributed by atoms with Gasteiger partial charge >= 0.3 is 0 Å². The molecule has 0 bridgehead atoms. The Morgan fingerprint density at radius 2 is 1.66 bits per heavy atom. The van der Waals surface area contributed by atoms with Crippen LogP contribution in [0.3, 0.4) is 0 Å².